The van der Waals surface area contributed by atoms with Gasteiger partial charge in [0.1, 0.15) is 5.82 Å². The Morgan fingerprint density at radius 3 is 2.23 bits per heavy atom. The lowest BCUT2D eigenvalue weighted by Gasteiger charge is -2.43. The van der Waals surface area contributed by atoms with Crippen molar-refractivity contribution in [3.63, 3.8) is 0 Å². The molecule has 5 nitrogen and oxygen atoms in total. The zero-order valence-corrected chi connectivity index (χ0v) is 22.9. The van der Waals surface area contributed by atoms with Crippen molar-refractivity contribution in [2.45, 2.75) is 50.5 Å². The van der Waals surface area contributed by atoms with E-state index in [2.05, 4.69) is 58.9 Å². The summed E-state index contributed by atoms with van der Waals surface area (Å²) in [7, 11) is 0. The highest BCUT2D eigenvalue weighted by Gasteiger charge is 2.61. The molecule has 3 aromatic carbocycles. The monoisotopic (exact) mass is 527 g/mol. The van der Waals surface area contributed by atoms with Crippen LogP contribution < -0.4 is 10.6 Å². The van der Waals surface area contributed by atoms with Crippen LogP contribution in [0.2, 0.25) is 0 Å². The van der Waals surface area contributed by atoms with Gasteiger partial charge in [0.15, 0.2) is 0 Å². The number of piperidine rings is 1. The molecule has 0 bridgehead atoms. The highest BCUT2D eigenvalue weighted by atomic mass is 19.1. The second-order valence-corrected chi connectivity index (χ2v) is 11.3. The van der Waals surface area contributed by atoms with Crippen molar-refractivity contribution in [2.24, 2.45) is 5.92 Å². The molecule has 1 saturated heterocycles. The molecule has 0 radical (unpaired) electrons. The molecule has 2 atom stereocenters. The average molecular weight is 528 g/mol. The first-order valence-electron chi connectivity index (χ1n) is 14.0. The molecule has 6 heteroatoms. The Balaban J connectivity index is 1.25. The normalized spacial score (nSPS) is 22.2. The molecule has 0 unspecified atom stereocenters. The molecule has 0 spiro atoms. The number of nitrogens with one attached hydrogen (secondary N) is 2. The zero-order valence-electron chi connectivity index (χ0n) is 22.9. The second-order valence-electron chi connectivity index (χ2n) is 11.3. The summed E-state index contributed by atoms with van der Waals surface area (Å²) >= 11 is 0. The molecule has 204 valence electrons. The van der Waals surface area contributed by atoms with Crippen LogP contribution in [-0.2, 0) is 27.0 Å². The van der Waals surface area contributed by atoms with Crippen LogP contribution in [0, 0.1) is 18.7 Å². The predicted molar refractivity (Wildman–Crippen MR) is 152 cm³/mol. The Bertz CT molecular complexity index is 1280. The highest BCUT2D eigenvalue weighted by molar-refractivity contribution is 5.92. The predicted octanol–water partition coefficient (Wildman–Crippen LogP) is 4.88. The maximum absolute atomic E-state index is 13.7. The largest absolute Gasteiger partial charge is 0.355 e. The van der Waals surface area contributed by atoms with Crippen molar-refractivity contribution in [2.75, 3.05) is 26.2 Å². The number of carbonyl (C=O) groups excluding carboxylic acids is 2. The standard InChI is InChI=1S/C33H38FN3O2/c1-24-8-12-28(13-9-24)33(31(39)35-19-16-26-10-14-30(34)15-11-26)22-29(33)23-37-20-17-32(18-21-37,36-25(2)38)27-6-4-3-5-7-27/h3-15,29H,16-23H2,1-2H3,(H,35,39)(H,36,38)/t29-,33+/m0/s1. The molecule has 1 heterocycles. The fourth-order valence-electron chi connectivity index (χ4n) is 6.30. The van der Waals surface area contributed by atoms with Gasteiger partial charge in [-0.1, -0.05) is 72.3 Å². The van der Waals surface area contributed by atoms with Gasteiger partial charge >= 0.3 is 0 Å². The molecule has 0 aromatic heterocycles. The van der Waals surface area contributed by atoms with Crippen molar-refractivity contribution >= 4 is 11.8 Å². The van der Waals surface area contributed by atoms with Crippen molar-refractivity contribution in [3.8, 4) is 0 Å². The number of hydrogen-bond donors (Lipinski definition) is 2. The third-order valence-corrected chi connectivity index (χ3v) is 8.62. The van der Waals surface area contributed by atoms with E-state index >= 15 is 0 Å². The number of amides is 2. The molecule has 2 amide bonds. The Kier molecular flexibility index (Phi) is 7.85. The zero-order chi connectivity index (χ0) is 27.5. The number of likely N-dealkylation sites (tertiary alicyclic amines) is 1. The minimum absolute atomic E-state index is 0.00908. The van der Waals surface area contributed by atoms with E-state index in [1.165, 1.54) is 17.7 Å². The molecule has 1 saturated carbocycles. The number of carbonyl (C=O) groups is 2. The summed E-state index contributed by atoms with van der Waals surface area (Å²) in [5.41, 5.74) is 3.53. The molecule has 1 aliphatic carbocycles. The van der Waals surface area contributed by atoms with Crippen LogP contribution in [0.25, 0.3) is 0 Å². The minimum atomic E-state index is -0.526. The maximum atomic E-state index is 13.7. The first-order chi connectivity index (χ1) is 18.8. The lowest BCUT2D eigenvalue weighted by Crippen LogP contribution is -2.53. The average Bonchev–Trinajstić information content (AvgIpc) is 3.66. The number of benzene rings is 3. The van der Waals surface area contributed by atoms with Gasteiger partial charge in [-0.2, -0.15) is 0 Å². The summed E-state index contributed by atoms with van der Waals surface area (Å²) in [5, 5.41) is 6.44. The second kappa shape index (κ2) is 11.3. The van der Waals surface area contributed by atoms with Gasteiger partial charge in [-0.05, 0) is 67.3 Å². The van der Waals surface area contributed by atoms with Crippen LogP contribution in [-0.4, -0.2) is 42.9 Å². The van der Waals surface area contributed by atoms with E-state index < -0.39 is 5.41 Å². The van der Waals surface area contributed by atoms with Crippen molar-refractivity contribution < 1.29 is 14.0 Å². The van der Waals surface area contributed by atoms with Gasteiger partial charge < -0.3 is 15.5 Å². The molecule has 39 heavy (non-hydrogen) atoms. The molecule has 2 aliphatic rings. The Morgan fingerprint density at radius 1 is 0.923 bits per heavy atom. The molecule has 2 fully saturated rings. The number of hydrogen-bond acceptors (Lipinski definition) is 3. The molecule has 2 N–H and O–H groups in total. The van der Waals surface area contributed by atoms with Crippen LogP contribution in [0.5, 0.6) is 0 Å². The SMILES string of the molecule is CC(=O)NC1(c2ccccc2)CCN(C[C@@H]2C[C@@]2(C(=O)NCCc2ccc(F)cc2)c2ccc(C)cc2)CC1. The third kappa shape index (κ3) is 5.91. The first-order valence-corrected chi connectivity index (χ1v) is 14.0. The van der Waals surface area contributed by atoms with Crippen LogP contribution in [0.4, 0.5) is 4.39 Å². The molecular formula is C33H38FN3O2. The molecule has 1 aliphatic heterocycles. The summed E-state index contributed by atoms with van der Waals surface area (Å²) in [4.78, 5) is 28.2. The Morgan fingerprint density at radius 2 is 1.59 bits per heavy atom. The quantitative estimate of drug-likeness (QED) is 0.417. The number of halogens is 1. The summed E-state index contributed by atoms with van der Waals surface area (Å²) in [6.45, 7) is 6.75. The lowest BCUT2D eigenvalue weighted by molar-refractivity contribution is -0.124. The summed E-state index contributed by atoms with van der Waals surface area (Å²) in [6, 6.07) is 25.1. The maximum Gasteiger partial charge on any atom is 0.231 e. The lowest BCUT2D eigenvalue weighted by atomic mass is 9.80. The number of aryl methyl sites for hydroxylation is 1. The fourth-order valence-corrected chi connectivity index (χ4v) is 6.30. The van der Waals surface area contributed by atoms with Gasteiger partial charge in [0, 0.05) is 33.1 Å². The van der Waals surface area contributed by atoms with E-state index in [1.54, 1.807) is 19.1 Å². The van der Waals surface area contributed by atoms with Gasteiger partial charge in [-0.25, -0.2) is 4.39 Å². The van der Waals surface area contributed by atoms with Gasteiger partial charge in [0.05, 0.1) is 11.0 Å². The van der Waals surface area contributed by atoms with Gasteiger partial charge in [-0.3, -0.25) is 9.59 Å². The summed E-state index contributed by atoms with van der Waals surface area (Å²) in [5.74, 6) is 0.0475. The van der Waals surface area contributed by atoms with Crippen LogP contribution >= 0.6 is 0 Å². The summed E-state index contributed by atoms with van der Waals surface area (Å²) < 4.78 is 13.2. The van der Waals surface area contributed by atoms with Crippen molar-refractivity contribution in [1.82, 2.24) is 15.5 Å². The van der Waals surface area contributed by atoms with Gasteiger partial charge in [0.25, 0.3) is 0 Å². The third-order valence-electron chi connectivity index (χ3n) is 8.62. The topological polar surface area (TPSA) is 61.4 Å². The van der Waals surface area contributed by atoms with Crippen molar-refractivity contribution in [1.29, 1.82) is 0 Å². The Hall–Kier alpha value is -3.51. The van der Waals surface area contributed by atoms with Crippen LogP contribution in [0.15, 0.2) is 78.9 Å². The van der Waals surface area contributed by atoms with E-state index in [0.29, 0.717) is 13.0 Å². The highest BCUT2D eigenvalue weighted by Crippen LogP contribution is 2.55. The molecular weight excluding hydrogens is 489 g/mol. The molecule has 3 aromatic rings. The van der Waals surface area contributed by atoms with E-state index in [4.69, 9.17) is 0 Å². The number of nitrogens with zero attached hydrogens (tertiary/aromatic N) is 1. The van der Waals surface area contributed by atoms with Gasteiger partial charge in [-0.15, -0.1) is 0 Å². The number of rotatable bonds is 9. The molecule has 5 rings (SSSR count). The minimum Gasteiger partial charge on any atom is -0.355 e. The van der Waals surface area contributed by atoms with E-state index in [1.807, 2.05) is 18.2 Å². The van der Waals surface area contributed by atoms with E-state index in [0.717, 1.165) is 55.6 Å². The van der Waals surface area contributed by atoms with Gasteiger partial charge in [0.2, 0.25) is 11.8 Å². The Labute approximate surface area is 230 Å². The van der Waals surface area contributed by atoms with Crippen LogP contribution in [0.1, 0.15) is 48.4 Å². The van der Waals surface area contributed by atoms with Crippen LogP contribution in [0.3, 0.4) is 0 Å². The fraction of sp³-hybridized carbons (Fsp3) is 0.394. The smallest absolute Gasteiger partial charge is 0.231 e. The van der Waals surface area contributed by atoms with Crippen molar-refractivity contribution in [3.05, 3.63) is 107 Å². The van der Waals surface area contributed by atoms with E-state index in [9.17, 15) is 14.0 Å². The van der Waals surface area contributed by atoms with E-state index in [-0.39, 0.29) is 29.1 Å². The first kappa shape index (κ1) is 27.1. The summed E-state index contributed by atoms with van der Waals surface area (Å²) in [6.07, 6.45) is 3.16.